The van der Waals surface area contributed by atoms with E-state index in [-0.39, 0.29) is 12.3 Å². The van der Waals surface area contributed by atoms with Gasteiger partial charge in [0.1, 0.15) is 0 Å². The standard InChI is InChI=1S/C19H16N2O3/c1-24-19(23)14-7-9-16(10-8-14)21-17(22)12-15-5-2-4-13-6-3-11-20-18(13)15/h2-11H,12H2,1H3,(H,21,22). The van der Waals surface area contributed by atoms with E-state index in [4.69, 9.17) is 0 Å². The fourth-order valence-electron chi connectivity index (χ4n) is 2.50. The number of esters is 1. The maximum Gasteiger partial charge on any atom is 0.337 e. The maximum absolute atomic E-state index is 12.3. The summed E-state index contributed by atoms with van der Waals surface area (Å²) in [5.74, 6) is -0.548. The average molecular weight is 320 g/mol. The Morgan fingerprint density at radius 2 is 1.79 bits per heavy atom. The van der Waals surface area contributed by atoms with E-state index in [0.717, 1.165) is 16.5 Å². The summed E-state index contributed by atoms with van der Waals surface area (Å²) < 4.78 is 4.64. The summed E-state index contributed by atoms with van der Waals surface area (Å²) >= 11 is 0. The van der Waals surface area contributed by atoms with Crippen molar-refractivity contribution in [2.75, 3.05) is 12.4 Å². The molecule has 2 aromatic carbocycles. The van der Waals surface area contributed by atoms with Gasteiger partial charge in [-0.15, -0.1) is 0 Å². The lowest BCUT2D eigenvalue weighted by atomic mass is 10.1. The Kier molecular flexibility index (Phi) is 4.52. The summed E-state index contributed by atoms with van der Waals surface area (Å²) in [5, 5.41) is 3.83. The molecular weight excluding hydrogens is 304 g/mol. The van der Waals surface area contributed by atoms with E-state index in [1.807, 2.05) is 30.3 Å². The molecule has 0 atom stereocenters. The number of fused-ring (bicyclic) bond motifs is 1. The minimum Gasteiger partial charge on any atom is -0.465 e. The number of anilines is 1. The number of nitrogens with zero attached hydrogens (tertiary/aromatic N) is 1. The average Bonchev–Trinajstić information content (AvgIpc) is 2.62. The monoisotopic (exact) mass is 320 g/mol. The van der Waals surface area contributed by atoms with Gasteiger partial charge in [0.15, 0.2) is 0 Å². The van der Waals surface area contributed by atoms with Crippen LogP contribution in [0.1, 0.15) is 15.9 Å². The number of para-hydroxylation sites is 1. The largest absolute Gasteiger partial charge is 0.465 e. The van der Waals surface area contributed by atoms with Crippen LogP contribution in [-0.4, -0.2) is 24.0 Å². The van der Waals surface area contributed by atoms with E-state index in [2.05, 4.69) is 15.0 Å². The fraction of sp³-hybridized carbons (Fsp3) is 0.105. The minimum atomic E-state index is -0.408. The number of pyridine rings is 1. The van der Waals surface area contributed by atoms with Gasteiger partial charge in [-0.25, -0.2) is 4.79 Å². The molecule has 1 amide bonds. The second kappa shape index (κ2) is 6.91. The van der Waals surface area contributed by atoms with Crippen molar-refractivity contribution in [1.29, 1.82) is 0 Å². The van der Waals surface area contributed by atoms with Crippen molar-refractivity contribution in [3.63, 3.8) is 0 Å². The molecule has 0 aliphatic carbocycles. The number of methoxy groups -OCH3 is 1. The Morgan fingerprint density at radius 3 is 2.54 bits per heavy atom. The number of hydrogen-bond donors (Lipinski definition) is 1. The molecule has 1 aromatic heterocycles. The summed E-state index contributed by atoms with van der Waals surface area (Å²) in [6, 6.07) is 16.2. The molecule has 0 aliphatic rings. The van der Waals surface area contributed by atoms with Gasteiger partial charge in [0, 0.05) is 17.3 Å². The van der Waals surface area contributed by atoms with Crippen LogP contribution in [0.25, 0.3) is 10.9 Å². The van der Waals surface area contributed by atoms with Crippen LogP contribution >= 0.6 is 0 Å². The van der Waals surface area contributed by atoms with Gasteiger partial charge in [0.05, 0.1) is 24.6 Å². The number of benzene rings is 2. The molecule has 5 nitrogen and oxygen atoms in total. The highest BCUT2D eigenvalue weighted by Gasteiger charge is 2.09. The van der Waals surface area contributed by atoms with Gasteiger partial charge in [0.25, 0.3) is 0 Å². The minimum absolute atomic E-state index is 0.140. The van der Waals surface area contributed by atoms with Crippen molar-refractivity contribution in [2.24, 2.45) is 0 Å². The number of carbonyl (C=O) groups excluding carboxylic acids is 2. The molecule has 0 fully saturated rings. The van der Waals surface area contributed by atoms with Crippen LogP contribution < -0.4 is 5.32 Å². The van der Waals surface area contributed by atoms with Crippen LogP contribution in [0.5, 0.6) is 0 Å². The van der Waals surface area contributed by atoms with Crippen LogP contribution in [-0.2, 0) is 16.0 Å². The molecule has 0 unspecified atom stereocenters. The van der Waals surface area contributed by atoms with Gasteiger partial charge in [-0.3, -0.25) is 9.78 Å². The number of ether oxygens (including phenoxy) is 1. The predicted molar refractivity (Wildman–Crippen MR) is 91.9 cm³/mol. The smallest absolute Gasteiger partial charge is 0.337 e. The van der Waals surface area contributed by atoms with E-state index in [0.29, 0.717) is 11.3 Å². The van der Waals surface area contributed by atoms with Crippen molar-refractivity contribution < 1.29 is 14.3 Å². The van der Waals surface area contributed by atoms with Crippen molar-refractivity contribution in [3.05, 3.63) is 71.9 Å². The van der Waals surface area contributed by atoms with Crippen LogP contribution in [0, 0.1) is 0 Å². The highest BCUT2D eigenvalue weighted by molar-refractivity contribution is 5.96. The van der Waals surface area contributed by atoms with E-state index in [1.165, 1.54) is 7.11 Å². The van der Waals surface area contributed by atoms with E-state index in [9.17, 15) is 9.59 Å². The third-order valence-electron chi connectivity index (χ3n) is 3.66. The van der Waals surface area contributed by atoms with Crippen molar-refractivity contribution in [3.8, 4) is 0 Å². The summed E-state index contributed by atoms with van der Waals surface area (Å²) in [5.41, 5.74) is 2.77. The Balaban J connectivity index is 1.72. The summed E-state index contributed by atoms with van der Waals surface area (Å²) in [6.45, 7) is 0. The Hall–Kier alpha value is -3.21. The van der Waals surface area contributed by atoms with E-state index < -0.39 is 5.97 Å². The Bertz CT molecular complexity index is 883. The third kappa shape index (κ3) is 3.41. The molecular formula is C19H16N2O3. The fourth-order valence-corrected chi connectivity index (χ4v) is 2.50. The first-order valence-electron chi connectivity index (χ1n) is 7.48. The van der Waals surface area contributed by atoms with Gasteiger partial charge in [-0.05, 0) is 35.9 Å². The van der Waals surface area contributed by atoms with Gasteiger partial charge in [0.2, 0.25) is 5.91 Å². The first-order chi connectivity index (χ1) is 11.7. The quantitative estimate of drug-likeness (QED) is 0.750. The molecule has 0 saturated carbocycles. The zero-order valence-corrected chi connectivity index (χ0v) is 13.2. The maximum atomic E-state index is 12.3. The number of amides is 1. The van der Waals surface area contributed by atoms with Crippen LogP contribution in [0.15, 0.2) is 60.8 Å². The van der Waals surface area contributed by atoms with Crippen LogP contribution in [0.3, 0.4) is 0 Å². The lowest BCUT2D eigenvalue weighted by Gasteiger charge is -2.08. The highest BCUT2D eigenvalue weighted by Crippen LogP contribution is 2.17. The highest BCUT2D eigenvalue weighted by atomic mass is 16.5. The zero-order chi connectivity index (χ0) is 16.9. The molecule has 0 radical (unpaired) electrons. The second-order valence-electron chi connectivity index (χ2n) is 5.29. The first kappa shape index (κ1) is 15.7. The molecule has 1 heterocycles. The summed E-state index contributed by atoms with van der Waals surface area (Å²) in [6.07, 6.45) is 1.95. The molecule has 0 aliphatic heterocycles. The van der Waals surface area contributed by atoms with Crippen molar-refractivity contribution in [1.82, 2.24) is 4.98 Å². The number of rotatable bonds is 4. The number of carbonyl (C=O) groups is 2. The van der Waals surface area contributed by atoms with E-state index in [1.54, 1.807) is 30.5 Å². The topological polar surface area (TPSA) is 68.3 Å². The number of nitrogens with one attached hydrogen (secondary N) is 1. The number of aromatic nitrogens is 1. The number of hydrogen-bond acceptors (Lipinski definition) is 4. The molecule has 120 valence electrons. The SMILES string of the molecule is COC(=O)c1ccc(NC(=O)Cc2cccc3cccnc23)cc1. The van der Waals surface area contributed by atoms with Crippen LogP contribution in [0.2, 0.25) is 0 Å². The molecule has 3 aromatic rings. The summed E-state index contributed by atoms with van der Waals surface area (Å²) in [4.78, 5) is 28.0. The van der Waals surface area contributed by atoms with Gasteiger partial charge in [-0.2, -0.15) is 0 Å². The van der Waals surface area contributed by atoms with Gasteiger partial charge < -0.3 is 10.1 Å². The van der Waals surface area contributed by atoms with Crippen molar-refractivity contribution in [2.45, 2.75) is 6.42 Å². The predicted octanol–water partition coefficient (Wildman–Crippen LogP) is 3.20. The zero-order valence-electron chi connectivity index (χ0n) is 13.2. The van der Waals surface area contributed by atoms with Gasteiger partial charge >= 0.3 is 5.97 Å². The Labute approximate surface area is 139 Å². The lowest BCUT2D eigenvalue weighted by Crippen LogP contribution is -2.15. The molecule has 0 saturated heterocycles. The molecule has 0 bridgehead atoms. The van der Waals surface area contributed by atoms with E-state index >= 15 is 0 Å². The second-order valence-corrected chi connectivity index (χ2v) is 5.29. The molecule has 1 N–H and O–H groups in total. The molecule has 0 spiro atoms. The molecule has 5 heteroatoms. The lowest BCUT2D eigenvalue weighted by molar-refractivity contribution is -0.115. The molecule has 3 rings (SSSR count). The normalized spacial score (nSPS) is 10.4. The third-order valence-corrected chi connectivity index (χ3v) is 3.66. The van der Waals surface area contributed by atoms with Gasteiger partial charge in [-0.1, -0.05) is 24.3 Å². The van der Waals surface area contributed by atoms with Crippen molar-refractivity contribution >= 4 is 28.5 Å². The Morgan fingerprint density at radius 1 is 1.04 bits per heavy atom. The summed E-state index contributed by atoms with van der Waals surface area (Å²) in [7, 11) is 1.33. The molecule has 24 heavy (non-hydrogen) atoms. The first-order valence-corrected chi connectivity index (χ1v) is 7.48. The van der Waals surface area contributed by atoms with Crippen LogP contribution in [0.4, 0.5) is 5.69 Å².